The van der Waals surface area contributed by atoms with Crippen molar-refractivity contribution in [3.63, 3.8) is 0 Å². The quantitative estimate of drug-likeness (QED) is 0.282. The summed E-state index contributed by atoms with van der Waals surface area (Å²) in [7, 11) is 2.74. The predicted molar refractivity (Wildman–Crippen MR) is 168 cm³/mol. The maximum atomic E-state index is 12.1. The molecule has 44 heavy (non-hydrogen) atoms. The maximum Gasteiger partial charge on any atom is 0.305 e. The second-order valence-electron chi connectivity index (χ2n) is 12.0. The lowest BCUT2D eigenvalue weighted by Gasteiger charge is -2.31. The SMILES string of the molecule is COC(=O)CCc1c(C)c2cc3nc(cc4nc(cc5[nH]c(cc1[nH]2)c(CCC(=O)OC)c5C)C(C)(O)C4(C)O)C(C)=C3C. The Hall–Kier alpha value is -4.28. The fraction of sp³-hybridized carbons (Fsp3) is 0.412. The molecule has 0 aromatic carbocycles. The molecule has 0 saturated carbocycles. The molecule has 3 aromatic rings. The summed E-state index contributed by atoms with van der Waals surface area (Å²) in [5, 5.41) is 23.2. The molecular formula is C34H40N4O6. The van der Waals surface area contributed by atoms with E-state index in [0.717, 1.165) is 55.6 Å². The lowest BCUT2D eigenvalue weighted by Crippen LogP contribution is -2.41. The smallest absolute Gasteiger partial charge is 0.305 e. The van der Waals surface area contributed by atoms with Gasteiger partial charge in [-0.25, -0.2) is 4.98 Å². The van der Waals surface area contributed by atoms with Crippen molar-refractivity contribution in [1.29, 1.82) is 0 Å². The monoisotopic (exact) mass is 600 g/mol. The van der Waals surface area contributed by atoms with Gasteiger partial charge in [0.15, 0.2) is 0 Å². The van der Waals surface area contributed by atoms with Crippen LogP contribution in [0.4, 0.5) is 0 Å². The van der Waals surface area contributed by atoms with E-state index in [9.17, 15) is 19.8 Å². The van der Waals surface area contributed by atoms with Gasteiger partial charge < -0.3 is 29.7 Å². The third-order valence-corrected chi connectivity index (χ3v) is 9.40. The number of aromatic nitrogens is 4. The molecule has 2 unspecified atom stereocenters. The number of hydrogen-bond donors (Lipinski definition) is 4. The first-order chi connectivity index (χ1) is 20.7. The lowest BCUT2D eigenvalue weighted by atomic mass is 9.83. The number of allylic oxidation sites excluding steroid dienone is 2. The zero-order valence-corrected chi connectivity index (χ0v) is 26.6. The molecule has 10 heteroatoms. The van der Waals surface area contributed by atoms with Crippen molar-refractivity contribution in [3.05, 3.63) is 69.3 Å². The highest BCUT2D eigenvalue weighted by Crippen LogP contribution is 2.44. The summed E-state index contributed by atoms with van der Waals surface area (Å²) >= 11 is 0. The number of carbonyl (C=O) groups is 2. The molecule has 2 aliphatic heterocycles. The minimum Gasteiger partial charge on any atom is -0.469 e. The van der Waals surface area contributed by atoms with Gasteiger partial charge in [0.2, 0.25) is 0 Å². The molecule has 232 valence electrons. The first-order valence-corrected chi connectivity index (χ1v) is 14.7. The Morgan fingerprint density at radius 1 is 0.682 bits per heavy atom. The number of rotatable bonds is 6. The number of H-pyrrole nitrogens is 2. The van der Waals surface area contributed by atoms with Crippen molar-refractivity contribution in [3.8, 4) is 0 Å². The van der Waals surface area contributed by atoms with E-state index in [1.807, 2.05) is 39.8 Å². The van der Waals surface area contributed by atoms with Crippen molar-refractivity contribution >= 4 is 45.2 Å². The molecule has 0 amide bonds. The second kappa shape index (κ2) is 11.3. The van der Waals surface area contributed by atoms with E-state index < -0.39 is 11.2 Å². The van der Waals surface area contributed by atoms with Crippen LogP contribution in [-0.2, 0) is 43.1 Å². The molecule has 10 nitrogen and oxygen atoms in total. The Kier molecular flexibility index (Phi) is 8.02. The van der Waals surface area contributed by atoms with Gasteiger partial charge in [-0.05, 0) is 112 Å². The normalized spacial score (nSPS) is 19.8. The third-order valence-electron chi connectivity index (χ3n) is 9.40. The van der Waals surface area contributed by atoms with Crippen molar-refractivity contribution in [2.75, 3.05) is 14.2 Å². The fourth-order valence-corrected chi connectivity index (χ4v) is 5.90. The summed E-state index contributed by atoms with van der Waals surface area (Å²) in [4.78, 5) is 40.9. The van der Waals surface area contributed by atoms with Crippen LogP contribution in [0.2, 0.25) is 0 Å². The zero-order chi connectivity index (χ0) is 32.1. The Balaban J connectivity index is 1.92. The molecule has 3 aromatic heterocycles. The van der Waals surface area contributed by atoms with Gasteiger partial charge in [-0.3, -0.25) is 14.6 Å². The van der Waals surface area contributed by atoms with E-state index in [1.165, 1.54) is 14.2 Å². The number of methoxy groups -OCH3 is 2. The third kappa shape index (κ3) is 5.22. The van der Waals surface area contributed by atoms with Crippen LogP contribution >= 0.6 is 0 Å². The molecule has 8 bridgehead atoms. The number of carbonyl (C=O) groups excluding carboxylic acids is 2. The Labute approximate surface area is 256 Å². The topological polar surface area (TPSA) is 150 Å². The molecule has 4 N–H and O–H groups in total. The van der Waals surface area contributed by atoms with Crippen molar-refractivity contribution < 1.29 is 29.3 Å². The maximum absolute atomic E-state index is 12.1. The van der Waals surface area contributed by atoms with E-state index in [0.29, 0.717) is 35.4 Å². The van der Waals surface area contributed by atoms with Gasteiger partial charge in [0, 0.05) is 34.9 Å². The average Bonchev–Trinajstić information content (AvgIpc) is 3.58. The van der Waals surface area contributed by atoms with Crippen LogP contribution < -0.4 is 0 Å². The molecule has 0 radical (unpaired) electrons. The van der Waals surface area contributed by atoms with E-state index >= 15 is 0 Å². The molecule has 0 saturated heterocycles. The van der Waals surface area contributed by atoms with Crippen LogP contribution in [0.15, 0.2) is 24.3 Å². The largest absolute Gasteiger partial charge is 0.469 e. The van der Waals surface area contributed by atoms with Crippen LogP contribution in [0.1, 0.15) is 85.6 Å². The molecule has 5 rings (SSSR count). The van der Waals surface area contributed by atoms with E-state index in [4.69, 9.17) is 19.4 Å². The Morgan fingerprint density at radius 3 is 1.59 bits per heavy atom. The number of aryl methyl sites for hydroxylation is 4. The number of ether oxygens (including phenoxy) is 2. The van der Waals surface area contributed by atoms with Gasteiger partial charge in [-0.15, -0.1) is 0 Å². The second-order valence-corrected chi connectivity index (χ2v) is 12.0. The highest BCUT2D eigenvalue weighted by atomic mass is 16.5. The molecule has 0 spiro atoms. The highest BCUT2D eigenvalue weighted by molar-refractivity contribution is 5.91. The molecule has 2 aliphatic rings. The van der Waals surface area contributed by atoms with E-state index in [1.54, 1.807) is 26.0 Å². The van der Waals surface area contributed by atoms with Crippen LogP contribution in [0.3, 0.4) is 0 Å². The van der Waals surface area contributed by atoms with Gasteiger partial charge >= 0.3 is 11.9 Å². The fourth-order valence-electron chi connectivity index (χ4n) is 5.90. The first kappa shape index (κ1) is 31.2. The summed E-state index contributed by atoms with van der Waals surface area (Å²) in [6.45, 7) is 11.0. The molecule has 2 atom stereocenters. The van der Waals surface area contributed by atoms with Gasteiger partial charge in [-0.1, -0.05) is 0 Å². The minimum atomic E-state index is -1.70. The first-order valence-electron chi connectivity index (χ1n) is 14.7. The summed E-state index contributed by atoms with van der Waals surface area (Å²) in [6.07, 6.45) is 1.27. The van der Waals surface area contributed by atoms with E-state index in [2.05, 4.69) is 9.97 Å². The average molecular weight is 601 g/mol. The van der Waals surface area contributed by atoms with Crippen LogP contribution in [0.5, 0.6) is 0 Å². The molecule has 0 aliphatic carbocycles. The van der Waals surface area contributed by atoms with Crippen molar-refractivity contribution in [1.82, 2.24) is 19.9 Å². The van der Waals surface area contributed by atoms with Crippen LogP contribution in [0.25, 0.3) is 33.2 Å². The number of nitrogens with zero attached hydrogens (tertiary/aromatic N) is 2. The van der Waals surface area contributed by atoms with Crippen molar-refractivity contribution in [2.45, 2.75) is 78.4 Å². The standard InChI is InChI=1S/C34H40N4O6/c1-17-18(2)25-15-29-33(5,41)34(6,42)30(38-29)16-26-20(4)22(10-12-32(40)44-8)28(37-26)14-27-21(9-11-31(39)43-7)19(3)24(36-27)13-23(17)35-25/h13-16,36-37,41-42H,9-12H2,1-8H3. The number of nitrogens with one attached hydrogen (secondary N) is 2. The summed E-state index contributed by atoms with van der Waals surface area (Å²) in [5.41, 5.74) is 7.39. The van der Waals surface area contributed by atoms with Crippen LogP contribution in [-0.4, -0.2) is 56.3 Å². The van der Waals surface area contributed by atoms with Crippen LogP contribution in [0, 0.1) is 13.8 Å². The number of esters is 2. The van der Waals surface area contributed by atoms with Gasteiger partial charge in [-0.2, -0.15) is 0 Å². The number of fused-ring (bicyclic) bond motifs is 8. The molecular weight excluding hydrogens is 560 g/mol. The summed E-state index contributed by atoms with van der Waals surface area (Å²) < 4.78 is 9.83. The van der Waals surface area contributed by atoms with Gasteiger partial charge in [0.25, 0.3) is 0 Å². The van der Waals surface area contributed by atoms with Crippen molar-refractivity contribution in [2.24, 2.45) is 0 Å². The highest BCUT2D eigenvalue weighted by Gasteiger charge is 2.51. The lowest BCUT2D eigenvalue weighted by molar-refractivity contribution is -0.141. The summed E-state index contributed by atoms with van der Waals surface area (Å²) in [6, 6.07) is 7.45. The molecule has 5 heterocycles. The molecule has 0 fully saturated rings. The Bertz CT molecular complexity index is 1880. The zero-order valence-electron chi connectivity index (χ0n) is 26.6. The van der Waals surface area contributed by atoms with Gasteiger partial charge in [0.1, 0.15) is 11.2 Å². The minimum absolute atomic E-state index is 0.178. The summed E-state index contributed by atoms with van der Waals surface area (Å²) in [5.74, 6) is -0.625. The van der Waals surface area contributed by atoms with Gasteiger partial charge in [0.05, 0.1) is 37.0 Å². The number of aromatic amines is 2. The number of aliphatic hydroxyl groups is 2. The van der Waals surface area contributed by atoms with E-state index in [-0.39, 0.29) is 24.8 Å². The predicted octanol–water partition coefficient (Wildman–Crippen LogP) is 5.21. The Morgan fingerprint density at radius 2 is 1.11 bits per heavy atom. The number of hydrogen-bond acceptors (Lipinski definition) is 8.